The fourth-order valence-corrected chi connectivity index (χ4v) is 9.32. The minimum Gasteiger partial charge on any atom is -0.504 e. The summed E-state index contributed by atoms with van der Waals surface area (Å²) in [5, 5.41) is 25.6. The van der Waals surface area contributed by atoms with Gasteiger partial charge >= 0.3 is 5.97 Å². The Bertz CT molecular complexity index is 1460. The van der Waals surface area contributed by atoms with Gasteiger partial charge in [0.15, 0.2) is 17.5 Å². The number of amides is 1. The molecule has 4 bridgehead atoms. The van der Waals surface area contributed by atoms with E-state index in [0.717, 1.165) is 68.2 Å². The van der Waals surface area contributed by atoms with Gasteiger partial charge in [-0.3, -0.25) is 9.59 Å². The fraction of sp³-hybridized carbons (Fsp3) is 0.605. The molecule has 274 valence electrons. The molecule has 5 N–H and O–H groups in total. The molecule has 2 aromatic rings. The molecule has 1 fully saturated rings. The zero-order chi connectivity index (χ0) is 35.3. The number of aryl methyl sites for hydroxylation is 1. The summed E-state index contributed by atoms with van der Waals surface area (Å²) in [6, 6.07) is 12.3. The highest BCUT2D eigenvalue weighted by Gasteiger charge is 2.43. The average Bonchev–Trinajstić information content (AvgIpc) is 3.39. The van der Waals surface area contributed by atoms with Crippen molar-refractivity contribution < 1.29 is 29.3 Å². The molecule has 1 saturated heterocycles. The molecule has 3 unspecified atom stereocenters. The summed E-state index contributed by atoms with van der Waals surface area (Å²) in [5.74, 6) is 2.30. The Morgan fingerprint density at radius 2 is 1.94 bits per heavy atom. The number of rotatable bonds is 3. The Morgan fingerprint density at radius 1 is 1.12 bits per heavy atom. The summed E-state index contributed by atoms with van der Waals surface area (Å²) in [5.41, 5.74) is 9.75. The maximum Gasteiger partial charge on any atom is 0.302 e. The lowest BCUT2D eigenvalue weighted by molar-refractivity contribution is -0.148. The van der Waals surface area contributed by atoms with Gasteiger partial charge < -0.3 is 35.6 Å². The third kappa shape index (κ3) is 11.2. The number of nitrogens with zero attached hydrogens (tertiary/aromatic N) is 2. The zero-order valence-electron chi connectivity index (χ0n) is 29.4. The number of hydrogen-bond donors (Lipinski definition) is 4. The number of carbonyl (C=O) groups is 2. The Morgan fingerprint density at radius 3 is 2.76 bits per heavy atom. The second kappa shape index (κ2) is 18.9. The summed E-state index contributed by atoms with van der Waals surface area (Å²) in [6.07, 6.45) is 8.89. The van der Waals surface area contributed by atoms with Crippen LogP contribution >= 0.6 is 21.6 Å². The van der Waals surface area contributed by atoms with E-state index in [1.165, 1.54) is 12.5 Å². The number of aromatic hydroxyl groups is 1. The van der Waals surface area contributed by atoms with Gasteiger partial charge in [-0.15, -0.1) is 0 Å². The van der Waals surface area contributed by atoms with Crippen LogP contribution in [0.2, 0.25) is 0 Å². The fourth-order valence-electron chi connectivity index (χ4n) is 7.53. The van der Waals surface area contributed by atoms with E-state index in [1.807, 2.05) is 29.2 Å². The highest BCUT2D eigenvalue weighted by molar-refractivity contribution is 8.76. The highest BCUT2D eigenvalue weighted by Crippen LogP contribution is 2.43. The minimum atomic E-state index is -0.551. The van der Waals surface area contributed by atoms with E-state index in [0.29, 0.717) is 74.9 Å². The Labute approximate surface area is 304 Å². The normalized spacial score (nSPS) is 25.0. The first kappa shape index (κ1) is 38.1. The van der Waals surface area contributed by atoms with E-state index in [9.17, 15) is 19.8 Å². The molecule has 1 amide bonds. The number of carbonyl (C=O) groups excluding carboxylic acids is 2. The topological polar surface area (TPSA) is 147 Å². The molecule has 3 heterocycles. The Balaban J connectivity index is 1.40. The van der Waals surface area contributed by atoms with Crippen molar-refractivity contribution in [2.24, 2.45) is 16.1 Å². The Kier molecular flexibility index (Phi) is 14.5. The lowest BCUT2D eigenvalue weighted by Gasteiger charge is -2.30. The number of nitrogens with one attached hydrogen (secondary N) is 1. The van der Waals surface area contributed by atoms with Gasteiger partial charge in [-0.1, -0.05) is 71.2 Å². The summed E-state index contributed by atoms with van der Waals surface area (Å²) in [4.78, 5) is 32.1. The van der Waals surface area contributed by atoms with Crippen molar-refractivity contribution in [3.63, 3.8) is 0 Å². The van der Waals surface area contributed by atoms with Crippen molar-refractivity contribution in [1.29, 1.82) is 0 Å². The van der Waals surface area contributed by atoms with Gasteiger partial charge in [0.2, 0.25) is 5.91 Å². The molecule has 50 heavy (non-hydrogen) atoms. The molecule has 3 aliphatic heterocycles. The molecule has 5 rings (SSSR count). The second-order valence-electron chi connectivity index (χ2n) is 14.0. The van der Waals surface area contributed by atoms with Crippen LogP contribution in [0.5, 0.6) is 11.5 Å². The monoisotopic (exact) mass is 726 g/mol. The van der Waals surface area contributed by atoms with Crippen LogP contribution in [0.1, 0.15) is 93.4 Å². The van der Waals surface area contributed by atoms with Crippen LogP contribution in [0.15, 0.2) is 41.4 Å². The van der Waals surface area contributed by atoms with Gasteiger partial charge in [0.1, 0.15) is 6.10 Å². The van der Waals surface area contributed by atoms with Gasteiger partial charge in [-0.2, -0.15) is 0 Å². The first-order valence-electron chi connectivity index (χ1n) is 18.2. The number of nitrogens with two attached hydrogens (primary N) is 1. The summed E-state index contributed by atoms with van der Waals surface area (Å²) in [6.45, 7) is 3.34. The third-order valence-electron chi connectivity index (χ3n) is 9.99. The smallest absolute Gasteiger partial charge is 0.302 e. The van der Waals surface area contributed by atoms with Crippen molar-refractivity contribution in [3.05, 3.63) is 58.7 Å². The van der Waals surface area contributed by atoms with Crippen molar-refractivity contribution in [2.75, 3.05) is 31.3 Å². The van der Waals surface area contributed by atoms with Crippen LogP contribution in [0.3, 0.4) is 0 Å². The van der Waals surface area contributed by atoms with E-state index in [4.69, 9.17) is 15.2 Å². The lowest BCUT2D eigenvalue weighted by Crippen LogP contribution is -2.37. The van der Waals surface area contributed by atoms with Gasteiger partial charge in [-0.25, -0.2) is 4.99 Å². The maximum absolute atomic E-state index is 13.7. The van der Waals surface area contributed by atoms with E-state index >= 15 is 0 Å². The summed E-state index contributed by atoms with van der Waals surface area (Å²) < 4.78 is 11.7. The van der Waals surface area contributed by atoms with E-state index < -0.39 is 12.2 Å². The number of fused-ring (bicyclic) bond motifs is 6. The van der Waals surface area contributed by atoms with Crippen LogP contribution in [0.25, 0.3) is 0 Å². The largest absolute Gasteiger partial charge is 0.504 e. The maximum atomic E-state index is 13.7. The summed E-state index contributed by atoms with van der Waals surface area (Å²) in [7, 11) is 3.48. The molecule has 3 atom stereocenters. The first-order valence-corrected chi connectivity index (χ1v) is 20.6. The molecule has 0 saturated carbocycles. The molecule has 0 aliphatic carbocycles. The van der Waals surface area contributed by atoms with Crippen molar-refractivity contribution >= 4 is 39.4 Å². The second-order valence-corrected chi connectivity index (χ2v) is 16.6. The number of phenols is 1. The molecule has 0 spiro atoms. The first-order chi connectivity index (χ1) is 24.2. The molecule has 10 nitrogen and oxygen atoms in total. The van der Waals surface area contributed by atoms with Crippen molar-refractivity contribution in [1.82, 2.24) is 10.2 Å². The predicted molar refractivity (Wildman–Crippen MR) is 201 cm³/mol. The van der Waals surface area contributed by atoms with Gasteiger partial charge in [-0.05, 0) is 68.6 Å². The van der Waals surface area contributed by atoms with Crippen LogP contribution < -0.4 is 15.8 Å². The summed E-state index contributed by atoms with van der Waals surface area (Å²) >= 11 is 0. The molecule has 3 aliphatic rings. The Hall–Kier alpha value is -3.09. The number of phenolic OH excluding ortho intramolecular Hbond substituents is 1. The van der Waals surface area contributed by atoms with Crippen molar-refractivity contribution in [2.45, 2.75) is 109 Å². The van der Waals surface area contributed by atoms with Crippen LogP contribution in [0.4, 0.5) is 0 Å². The standard InChI is InChI=1S/C38H54N4O6S2/c1-27(43)48-32-15-14-29-20-30(35(46)36-33(29)13-9-18-47-36)24-42-25-38(23-34(42)45,22-28-10-5-4-6-11-28)16-17-40-37(39)41-26-50-49-19-8-3-2-7-12-31(44)21-32/h4-6,10-11,20,31-32,44,46H,2-3,7-9,12-19,21-26H2,1H3,(H3,39,40,41). The lowest BCUT2D eigenvalue weighted by atomic mass is 9.77. The number of esters is 1. The van der Waals surface area contributed by atoms with E-state index in [-0.39, 0.29) is 29.6 Å². The number of hydrogen-bond acceptors (Lipinski definition) is 11. The van der Waals surface area contributed by atoms with E-state index in [1.54, 1.807) is 21.6 Å². The third-order valence-corrected chi connectivity index (χ3v) is 12.2. The van der Waals surface area contributed by atoms with Gasteiger partial charge in [0.25, 0.3) is 0 Å². The van der Waals surface area contributed by atoms with Gasteiger partial charge in [0.05, 0.1) is 18.6 Å². The number of ether oxygens (including phenoxy) is 2. The minimum absolute atomic E-state index is 0.0526. The molecule has 2 aromatic carbocycles. The molecule has 0 aromatic heterocycles. The van der Waals surface area contributed by atoms with Crippen LogP contribution in [-0.2, 0) is 40.1 Å². The number of benzene rings is 2. The molecule has 12 heteroatoms. The molecular formula is C38H54N4O6S2. The SMILES string of the molecule is CC(=O)OC1CCc2cc(c(O)c3c2CCCO3)CN2CC(Cc3ccccc3)(CCNC(N)=NCSSCCCCCCC(O)C1)CC2=O. The number of aliphatic imine (C=N–C) groups is 1. The van der Waals surface area contributed by atoms with Crippen LogP contribution in [0, 0.1) is 5.41 Å². The number of aliphatic hydroxyl groups is 1. The quantitative estimate of drug-likeness (QED) is 0.223. The predicted octanol–water partition coefficient (Wildman–Crippen LogP) is 5.89. The average molecular weight is 727 g/mol. The molecular weight excluding hydrogens is 673 g/mol. The number of guanidine groups is 1. The molecule has 0 radical (unpaired) electrons. The van der Waals surface area contributed by atoms with Crippen molar-refractivity contribution in [3.8, 4) is 11.5 Å². The van der Waals surface area contributed by atoms with Gasteiger partial charge in [0, 0.05) is 61.7 Å². The van der Waals surface area contributed by atoms with E-state index in [2.05, 4.69) is 22.4 Å². The number of aliphatic hydroxyl groups excluding tert-OH is 1. The zero-order valence-corrected chi connectivity index (χ0v) is 31.0. The highest BCUT2D eigenvalue weighted by atomic mass is 33.1. The van der Waals surface area contributed by atoms with Crippen LogP contribution in [-0.4, -0.2) is 76.5 Å².